The van der Waals surface area contributed by atoms with E-state index in [1.54, 1.807) is 31.3 Å². The number of anilines is 3. The van der Waals surface area contributed by atoms with Crippen LogP contribution in [0.15, 0.2) is 53.4 Å². The van der Waals surface area contributed by atoms with Crippen molar-refractivity contribution in [1.29, 1.82) is 0 Å². The molecule has 3 amide bonds. The van der Waals surface area contributed by atoms with Gasteiger partial charge < -0.3 is 15.0 Å². The standard InChI is InChI=1S/C19H19N3O4S/c1-21(19(25)26-2)14-9-7-13(8-10-14)20-17(23)11-22-15-5-3-4-6-16(15)27-12-18(22)24/h3-10H,11-12H2,1-2H3,(H,20,23). The number of para-hydroxylation sites is 1. The highest BCUT2D eigenvalue weighted by atomic mass is 32.2. The lowest BCUT2D eigenvalue weighted by Crippen LogP contribution is -2.41. The van der Waals surface area contributed by atoms with Gasteiger partial charge in [-0.3, -0.25) is 14.5 Å². The second-order valence-corrected chi connectivity index (χ2v) is 6.88. The van der Waals surface area contributed by atoms with Gasteiger partial charge in [0.05, 0.1) is 18.6 Å². The average Bonchev–Trinajstić information content (AvgIpc) is 2.69. The summed E-state index contributed by atoms with van der Waals surface area (Å²) in [4.78, 5) is 40.0. The van der Waals surface area contributed by atoms with Gasteiger partial charge in [0.1, 0.15) is 6.54 Å². The van der Waals surface area contributed by atoms with E-state index in [9.17, 15) is 14.4 Å². The van der Waals surface area contributed by atoms with Crippen LogP contribution in [0.1, 0.15) is 0 Å². The van der Waals surface area contributed by atoms with Crippen molar-refractivity contribution in [2.24, 2.45) is 0 Å². The molecule has 0 aliphatic carbocycles. The Labute approximate surface area is 161 Å². The van der Waals surface area contributed by atoms with Crippen molar-refractivity contribution in [1.82, 2.24) is 0 Å². The zero-order chi connectivity index (χ0) is 19.4. The Morgan fingerprint density at radius 3 is 2.59 bits per heavy atom. The summed E-state index contributed by atoms with van der Waals surface area (Å²) in [6.45, 7) is -0.0553. The first kappa shape index (κ1) is 18.8. The van der Waals surface area contributed by atoms with Crippen molar-refractivity contribution < 1.29 is 19.1 Å². The molecule has 0 fully saturated rings. The van der Waals surface area contributed by atoms with Crippen LogP contribution in [0.2, 0.25) is 0 Å². The molecule has 1 aliphatic rings. The van der Waals surface area contributed by atoms with Crippen LogP contribution in [0.5, 0.6) is 0 Å². The molecule has 1 heterocycles. The number of nitrogens with zero attached hydrogens (tertiary/aromatic N) is 2. The summed E-state index contributed by atoms with van der Waals surface area (Å²) in [5, 5.41) is 2.78. The van der Waals surface area contributed by atoms with Crippen LogP contribution < -0.4 is 15.1 Å². The molecule has 1 aliphatic heterocycles. The van der Waals surface area contributed by atoms with Crippen molar-refractivity contribution in [3.63, 3.8) is 0 Å². The molecule has 8 heteroatoms. The Kier molecular flexibility index (Phi) is 5.66. The molecule has 0 spiro atoms. The SMILES string of the molecule is COC(=O)N(C)c1ccc(NC(=O)CN2C(=O)CSc3ccccc32)cc1. The second-order valence-electron chi connectivity index (χ2n) is 5.86. The number of fused-ring (bicyclic) bond motifs is 1. The van der Waals surface area contributed by atoms with Crippen molar-refractivity contribution in [3.8, 4) is 0 Å². The second kappa shape index (κ2) is 8.13. The van der Waals surface area contributed by atoms with Crippen LogP contribution in [-0.4, -0.2) is 44.4 Å². The van der Waals surface area contributed by atoms with Crippen LogP contribution in [-0.2, 0) is 14.3 Å². The summed E-state index contributed by atoms with van der Waals surface area (Å²) < 4.78 is 4.66. The van der Waals surface area contributed by atoms with Gasteiger partial charge in [0.25, 0.3) is 0 Å². The minimum absolute atomic E-state index is 0.0553. The molecule has 1 N–H and O–H groups in total. The van der Waals surface area contributed by atoms with E-state index in [1.165, 1.54) is 28.7 Å². The number of ether oxygens (including phenoxy) is 1. The summed E-state index contributed by atoms with van der Waals surface area (Å²) in [7, 11) is 2.91. The molecule has 27 heavy (non-hydrogen) atoms. The third-order valence-electron chi connectivity index (χ3n) is 4.10. The Hall–Kier alpha value is -3.00. The van der Waals surface area contributed by atoms with Crippen molar-refractivity contribution in [3.05, 3.63) is 48.5 Å². The van der Waals surface area contributed by atoms with E-state index in [1.807, 2.05) is 24.3 Å². The Morgan fingerprint density at radius 2 is 1.89 bits per heavy atom. The summed E-state index contributed by atoms with van der Waals surface area (Å²) in [6.07, 6.45) is -0.480. The molecule has 3 rings (SSSR count). The first-order chi connectivity index (χ1) is 13.0. The predicted octanol–water partition coefficient (Wildman–Crippen LogP) is 2.97. The summed E-state index contributed by atoms with van der Waals surface area (Å²) in [5.41, 5.74) is 1.97. The number of nitrogens with one attached hydrogen (secondary N) is 1. The first-order valence-electron chi connectivity index (χ1n) is 8.23. The average molecular weight is 385 g/mol. The van der Waals surface area contributed by atoms with Gasteiger partial charge >= 0.3 is 6.09 Å². The lowest BCUT2D eigenvalue weighted by Gasteiger charge is -2.28. The minimum Gasteiger partial charge on any atom is -0.452 e. The van der Waals surface area contributed by atoms with Gasteiger partial charge in [0.2, 0.25) is 11.8 Å². The number of methoxy groups -OCH3 is 1. The maximum atomic E-state index is 12.4. The fourth-order valence-corrected chi connectivity index (χ4v) is 3.62. The molecule has 0 aromatic heterocycles. The number of carbonyl (C=O) groups excluding carboxylic acids is 3. The van der Waals surface area contributed by atoms with Gasteiger partial charge in [-0.25, -0.2) is 4.79 Å². The molecule has 0 saturated carbocycles. The molecule has 7 nitrogen and oxygen atoms in total. The van der Waals surface area contributed by atoms with Crippen LogP contribution in [0, 0.1) is 0 Å². The smallest absolute Gasteiger partial charge is 0.413 e. The van der Waals surface area contributed by atoms with Gasteiger partial charge in [-0.05, 0) is 36.4 Å². The zero-order valence-corrected chi connectivity index (χ0v) is 15.8. The van der Waals surface area contributed by atoms with Crippen molar-refractivity contribution in [2.45, 2.75) is 4.90 Å². The van der Waals surface area contributed by atoms with Gasteiger partial charge in [-0.1, -0.05) is 12.1 Å². The summed E-state index contributed by atoms with van der Waals surface area (Å²) >= 11 is 1.47. The largest absolute Gasteiger partial charge is 0.452 e. The topological polar surface area (TPSA) is 79.0 Å². The van der Waals surface area contributed by atoms with Crippen LogP contribution >= 0.6 is 11.8 Å². The fourth-order valence-electron chi connectivity index (χ4n) is 2.68. The number of rotatable bonds is 4. The highest BCUT2D eigenvalue weighted by molar-refractivity contribution is 8.00. The zero-order valence-electron chi connectivity index (χ0n) is 15.0. The summed E-state index contributed by atoms with van der Waals surface area (Å²) in [5.74, 6) is -0.0678. The van der Waals surface area contributed by atoms with Crippen molar-refractivity contribution >= 4 is 46.7 Å². The molecule has 2 aromatic rings. The van der Waals surface area contributed by atoms with E-state index in [0.717, 1.165) is 10.6 Å². The molecule has 2 aromatic carbocycles. The number of hydrogen-bond donors (Lipinski definition) is 1. The van der Waals surface area contributed by atoms with E-state index in [2.05, 4.69) is 10.1 Å². The van der Waals surface area contributed by atoms with Crippen LogP contribution in [0.25, 0.3) is 0 Å². The molecular weight excluding hydrogens is 366 g/mol. The molecule has 140 valence electrons. The van der Waals surface area contributed by atoms with Crippen molar-refractivity contribution in [2.75, 3.05) is 41.6 Å². The first-order valence-corrected chi connectivity index (χ1v) is 9.22. The minimum atomic E-state index is -0.480. The normalized spacial score (nSPS) is 13.0. The van der Waals surface area contributed by atoms with Gasteiger partial charge in [0.15, 0.2) is 0 Å². The molecule has 0 saturated heterocycles. The van der Waals surface area contributed by atoms with Gasteiger partial charge in [-0.2, -0.15) is 0 Å². The quantitative estimate of drug-likeness (QED) is 0.875. The van der Waals surface area contributed by atoms with E-state index < -0.39 is 6.09 Å². The maximum Gasteiger partial charge on any atom is 0.413 e. The number of hydrogen-bond acceptors (Lipinski definition) is 5. The molecule has 0 radical (unpaired) electrons. The predicted molar refractivity (Wildman–Crippen MR) is 105 cm³/mol. The van der Waals surface area contributed by atoms with E-state index in [0.29, 0.717) is 17.1 Å². The molecule has 0 atom stereocenters. The molecule has 0 unspecified atom stereocenters. The Balaban J connectivity index is 1.66. The number of amides is 3. The fraction of sp³-hybridized carbons (Fsp3) is 0.211. The van der Waals surface area contributed by atoms with Crippen LogP contribution in [0.3, 0.4) is 0 Å². The highest BCUT2D eigenvalue weighted by Gasteiger charge is 2.26. The third kappa shape index (κ3) is 4.22. The van der Waals surface area contributed by atoms with Gasteiger partial charge in [0, 0.05) is 23.3 Å². The maximum absolute atomic E-state index is 12.4. The van der Waals surface area contributed by atoms with E-state index in [4.69, 9.17) is 0 Å². The van der Waals surface area contributed by atoms with Gasteiger partial charge in [-0.15, -0.1) is 11.8 Å². The lowest BCUT2D eigenvalue weighted by molar-refractivity contribution is -0.120. The lowest BCUT2D eigenvalue weighted by atomic mass is 10.2. The molecule has 0 bridgehead atoms. The van der Waals surface area contributed by atoms with Crippen LogP contribution in [0.4, 0.5) is 21.9 Å². The monoisotopic (exact) mass is 385 g/mol. The summed E-state index contributed by atoms with van der Waals surface area (Å²) in [6, 6.07) is 14.3. The number of thioether (sulfide) groups is 1. The molecular formula is C19H19N3O4S. The number of carbonyl (C=O) groups is 3. The third-order valence-corrected chi connectivity index (χ3v) is 5.14. The Morgan fingerprint density at radius 1 is 1.19 bits per heavy atom. The van der Waals surface area contributed by atoms with E-state index >= 15 is 0 Å². The van der Waals surface area contributed by atoms with E-state index in [-0.39, 0.29) is 18.4 Å². The number of benzene rings is 2. The Bertz CT molecular complexity index is 870. The highest BCUT2D eigenvalue weighted by Crippen LogP contribution is 2.34.